The van der Waals surface area contributed by atoms with Crippen LogP contribution < -0.4 is 38.5 Å². The number of hydrogen-bond acceptors (Lipinski definition) is 1. The fourth-order valence-corrected chi connectivity index (χ4v) is 39.2. The van der Waals surface area contributed by atoms with Crippen molar-refractivity contribution in [3.63, 3.8) is 0 Å². The molecule has 1 fully saturated rings. The molecule has 1 saturated carbocycles. The molecule has 0 amide bonds. The summed E-state index contributed by atoms with van der Waals surface area (Å²) >= 11 is -2.50. The van der Waals surface area contributed by atoms with Crippen LogP contribution in [0.25, 0.3) is 0 Å². The van der Waals surface area contributed by atoms with Crippen molar-refractivity contribution in [1.82, 2.24) is 3.30 Å². The Labute approximate surface area is 254 Å². The number of benzene rings is 2. The summed E-state index contributed by atoms with van der Waals surface area (Å²) in [5.74, 6) is -0.747. The van der Waals surface area contributed by atoms with Gasteiger partial charge < -0.3 is 24.8 Å². The first kappa shape index (κ1) is 33.8. The minimum absolute atomic E-state index is 0. The molecule has 1 atom stereocenters. The van der Waals surface area contributed by atoms with Crippen LogP contribution in [0.3, 0.4) is 0 Å². The van der Waals surface area contributed by atoms with Gasteiger partial charge in [0.1, 0.15) is 0 Å². The second-order valence-corrected chi connectivity index (χ2v) is 30.4. The summed E-state index contributed by atoms with van der Waals surface area (Å²) in [5, 5.41) is 3.31. The van der Waals surface area contributed by atoms with Crippen molar-refractivity contribution in [2.75, 3.05) is 0 Å². The van der Waals surface area contributed by atoms with Gasteiger partial charge in [-0.1, -0.05) is 0 Å². The van der Waals surface area contributed by atoms with Crippen molar-refractivity contribution in [2.24, 2.45) is 5.92 Å². The van der Waals surface area contributed by atoms with Gasteiger partial charge in [0.25, 0.3) is 0 Å². The van der Waals surface area contributed by atoms with Crippen LogP contribution in [0.1, 0.15) is 98.3 Å². The van der Waals surface area contributed by atoms with Crippen LogP contribution in [0.4, 0.5) is 0 Å². The third-order valence-electron chi connectivity index (χ3n) is 8.95. The first-order valence-corrected chi connectivity index (χ1v) is 26.2. The Morgan fingerprint density at radius 2 is 1.05 bits per heavy atom. The third kappa shape index (κ3) is 8.77. The summed E-state index contributed by atoms with van der Waals surface area (Å²) in [5.41, 5.74) is 4.85. The van der Waals surface area contributed by atoms with Crippen LogP contribution in [-0.2, 0) is 20.9 Å². The molecule has 0 spiro atoms. The van der Waals surface area contributed by atoms with Gasteiger partial charge in [-0.2, -0.15) is 0 Å². The van der Waals surface area contributed by atoms with Crippen LogP contribution in [0.2, 0.25) is 0 Å². The fraction of sp³-hybridized carbons (Fsp3) is 0.515. The smallest absolute Gasteiger partial charge is 1.00 e. The van der Waals surface area contributed by atoms with Gasteiger partial charge in [-0.15, -0.1) is 0 Å². The van der Waals surface area contributed by atoms with E-state index in [1.54, 1.807) is 27.1 Å². The number of rotatable bonds is 6. The van der Waals surface area contributed by atoms with Crippen LogP contribution in [0.5, 0.6) is 0 Å². The van der Waals surface area contributed by atoms with E-state index in [1.807, 2.05) is 3.33 Å². The molecule has 0 saturated heterocycles. The molecule has 2 aliphatic rings. The predicted octanol–water partition coefficient (Wildman–Crippen LogP) is 1.59. The monoisotopic (exact) mass is 736 g/mol. The summed E-state index contributed by atoms with van der Waals surface area (Å²) in [6.07, 6.45) is 15.7. The molecule has 0 radical (unpaired) electrons. The standard InChI is InChI=1S/C12H24N.C12H11Si.C9H13.2ClH.Hf/c13-12-10-8-6-4-2-1-3-5-7-9-11-12;1-3-7-11(8-4-1)13-12-9-5-2-6-10-12;1-6-5-7(2)9(4)8(6)3;;;/h12-13H,1-11H2;1-10,13H;6H,1-4H3;2*1H;/q-1;;;;;+3/p-2. The first-order valence-electron chi connectivity index (χ1n) is 14.7. The van der Waals surface area contributed by atoms with E-state index in [1.165, 1.54) is 70.6 Å². The minimum Gasteiger partial charge on any atom is -1.00 e. The maximum absolute atomic E-state index is 4.64. The Kier molecular flexibility index (Phi) is 15.4. The molecule has 0 aromatic heterocycles. The van der Waals surface area contributed by atoms with Gasteiger partial charge in [0.05, 0.1) is 0 Å². The van der Waals surface area contributed by atoms with Crippen LogP contribution in [-0.4, -0.2) is 12.0 Å². The van der Waals surface area contributed by atoms with Gasteiger partial charge in [0.15, 0.2) is 0 Å². The quantitative estimate of drug-likeness (QED) is 0.445. The molecule has 1 nitrogen and oxygen atoms in total. The SMILES string of the molecule is CC1=C(C)C(C)[C]([Hf+2]([NH]C2CCCCCCCCCCC2)[SiH](c2ccccc2)c2ccccc2)=C1C.[Cl-].[Cl-]. The molecule has 207 valence electrons. The minimum atomic E-state index is -2.50. The molecule has 0 bridgehead atoms. The average molecular weight is 736 g/mol. The van der Waals surface area contributed by atoms with Gasteiger partial charge in [0, 0.05) is 0 Å². The molecule has 38 heavy (non-hydrogen) atoms. The molecular weight excluding hydrogens is 688 g/mol. The van der Waals surface area contributed by atoms with Gasteiger partial charge in [-0.05, 0) is 0 Å². The normalized spacial score (nSPS) is 19.9. The Morgan fingerprint density at radius 3 is 1.45 bits per heavy atom. The zero-order valence-electron chi connectivity index (χ0n) is 24.0. The zero-order chi connectivity index (χ0) is 25.3. The zero-order valence-corrected chi connectivity index (χ0v) is 30.3. The molecular formula is C33H48Cl2HfNSi. The first-order chi connectivity index (χ1) is 17.6. The van der Waals surface area contributed by atoms with E-state index in [0.29, 0.717) is 12.0 Å². The van der Waals surface area contributed by atoms with Crippen LogP contribution in [0.15, 0.2) is 80.7 Å². The summed E-state index contributed by atoms with van der Waals surface area (Å²) in [6, 6.07) is 24.1. The maximum atomic E-state index is 4.64. The van der Waals surface area contributed by atoms with E-state index in [0.717, 1.165) is 0 Å². The van der Waals surface area contributed by atoms with Crippen molar-refractivity contribution in [3.8, 4) is 0 Å². The van der Waals surface area contributed by atoms with Crippen molar-refractivity contribution in [2.45, 2.75) is 104 Å². The second kappa shape index (κ2) is 17.4. The van der Waals surface area contributed by atoms with E-state index < -0.39 is 26.9 Å². The summed E-state index contributed by atoms with van der Waals surface area (Å²) < 4.78 is 6.53. The summed E-state index contributed by atoms with van der Waals surface area (Å²) in [4.78, 5) is 0. The molecule has 2 aromatic rings. The fourth-order valence-electron chi connectivity index (χ4n) is 6.46. The van der Waals surface area contributed by atoms with Crippen molar-refractivity contribution >= 4 is 16.4 Å². The topological polar surface area (TPSA) is 12.0 Å². The Balaban J connectivity index is 0.00000253. The van der Waals surface area contributed by atoms with Crippen molar-refractivity contribution in [1.29, 1.82) is 0 Å². The molecule has 1 N–H and O–H groups in total. The Bertz CT molecular complexity index is 972. The van der Waals surface area contributed by atoms with Crippen LogP contribution in [0, 0.1) is 5.92 Å². The largest absolute Gasteiger partial charge is 1.00 e. The van der Waals surface area contributed by atoms with Crippen LogP contribution >= 0.6 is 0 Å². The maximum Gasteiger partial charge on any atom is -1.00 e. The van der Waals surface area contributed by atoms with Crippen molar-refractivity contribution in [3.05, 3.63) is 80.7 Å². The number of hydrogen-bond donors (Lipinski definition) is 1. The number of nitrogens with one attached hydrogen (secondary N) is 1. The number of allylic oxidation sites excluding steroid dienone is 4. The molecule has 5 heteroatoms. The van der Waals surface area contributed by atoms with E-state index in [-0.39, 0.29) is 24.8 Å². The van der Waals surface area contributed by atoms with Gasteiger partial charge in [-0.25, -0.2) is 0 Å². The molecule has 2 aromatic carbocycles. The average Bonchev–Trinajstić information content (AvgIpc) is 3.08. The van der Waals surface area contributed by atoms with E-state index in [4.69, 9.17) is 0 Å². The Morgan fingerprint density at radius 1 is 0.632 bits per heavy atom. The Hall–Kier alpha value is -0.453. The summed E-state index contributed by atoms with van der Waals surface area (Å²) in [7, 11) is 0. The molecule has 0 aliphatic heterocycles. The van der Waals surface area contributed by atoms with E-state index >= 15 is 0 Å². The predicted molar refractivity (Wildman–Crippen MR) is 157 cm³/mol. The van der Waals surface area contributed by atoms with Gasteiger partial charge >= 0.3 is 232 Å². The molecule has 4 rings (SSSR count). The van der Waals surface area contributed by atoms with Gasteiger partial charge in [-0.3, -0.25) is 0 Å². The molecule has 2 aliphatic carbocycles. The number of halogens is 2. The second-order valence-electron chi connectivity index (χ2n) is 11.3. The third-order valence-corrected chi connectivity index (χ3v) is 36.5. The van der Waals surface area contributed by atoms with E-state index in [2.05, 4.69) is 91.7 Å². The van der Waals surface area contributed by atoms with E-state index in [9.17, 15) is 0 Å². The molecule has 0 heterocycles. The molecule has 1 unspecified atom stereocenters. The summed E-state index contributed by atoms with van der Waals surface area (Å²) in [6.45, 7) is 9.75. The van der Waals surface area contributed by atoms with Gasteiger partial charge in [0.2, 0.25) is 0 Å². The van der Waals surface area contributed by atoms with Crippen molar-refractivity contribution < 1.29 is 45.7 Å².